The lowest BCUT2D eigenvalue weighted by atomic mass is 10.1. The molecule has 5 aromatic rings. The SMILES string of the molecule is Cc1onc(C(=O)NNC(=O)Cc2nc(-c3ccccc3)sc2C)c1-c1csc(-c2ccccc2)n1. The van der Waals surface area contributed by atoms with Crippen LogP contribution in [0.1, 0.15) is 26.8 Å². The molecule has 2 amide bonds. The Morgan fingerprint density at radius 3 is 2.25 bits per heavy atom. The Kier molecular flexibility index (Phi) is 6.70. The van der Waals surface area contributed by atoms with Crippen molar-refractivity contribution in [3.8, 4) is 32.4 Å². The molecule has 0 bridgehead atoms. The van der Waals surface area contributed by atoms with Crippen LogP contribution in [0.4, 0.5) is 0 Å². The molecule has 5 rings (SSSR count). The van der Waals surface area contributed by atoms with E-state index >= 15 is 0 Å². The number of thiazole rings is 2. The van der Waals surface area contributed by atoms with Crippen LogP contribution < -0.4 is 10.9 Å². The highest BCUT2D eigenvalue weighted by atomic mass is 32.1. The molecule has 0 unspecified atom stereocenters. The summed E-state index contributed by atoms with van der Waals surface area (Å²) in [6.07, 6.45) is 0.0344. The zero-order chi connectivity index (χ0) is 25.1. The largest absolute Gasteiger partial charge is 0.360 e. The summed E-state index contributed by atoms with van der Waals surface area (Å²) in [6, 6.07) is 19.6. The smallest absolute Gasteiger partial charge is 0.292 e. The average Bonchev–Trinajstić information content (AvgIpc) is 3.62. The molecule has 3 heterocycles. The van der Waals surface area contributed by atoms with Gasteiger partial charge in [0.05, 0.1) is 23.4 Å². The predicted octanol–water partition coefficient (Wildman–Crippen LogP) is 5.21. The van der Waals surface area contributed by atoms with Crippen LogP contribution in [-0.4, -0.2) is 26.9 Å². The maximum atomic E-state index is 12.9. The number of rotatable bonds is 6. The number of aromatic nitrogens is 3. The van der Waals surface area contributed by atoms with E-state index in [0.29, 0.717) is 22.7 Å². The molecule has 0 aliphatic carbocycles. The summed E-state index contributed by atoms with van der Waals surface area (Å²) in [4.78, 5) is 35.6. The van der Waals surface area contributed by atoms with Crippen molar-refractivity contribution in [2.24, 2.45) is 0 Å². The molecule has 2 N–H and O–H groups in total. The molecule has 0 saturated carbocycles. The average molecular weight is 516 g/mol. The van der Waals surface area contributed by atoms with E-state index in [-0.39, 0.29) is 12.1 Å². The quantitative estimate of drug-likeness (QED) is 0.301. The van der Waals surface area contributed by atoms with Crippen LogP contribution in [0.15, 0.2) is 70.6 Å². The van der Waals surface area contributed by atoms with E-state index in [9.17, 15) is 9.59 Å². The van der Waals surface area contributed by atoms with Gasteiger partial charge in [0.1, 0.15) is 15.8 Å². The summed E-state index contributed by atoms with van der Waals surface area (Å²) in [5.41, 5.74) is 8.65. The maximum absolute atomic E-state index is 12.9. The van der Waals surface area contributed by atoms with Crippen LogP contribution in [0.2, 0.25) is 0 Å². The van der Waals surface area contributed by atoms with Gasteiger partial charge in [-0.1, -0.05) is 65.8 Å². The Hall–Kier alpha value is -4.15. The number of aryl methyl sites for hydroxylation is 2. The molecule has 0 aliphatic rings. The third-order valence-electron chi connectivity index (χ3n) is 5.42. The molecule has 2 aromatic carbocycles. The van der Waals surface area contributed by atoms with Crippen molar-refractivity contribution >= 4 is 34.5 Å². The van der Waals surface area contributed by atoms with Gasteiger partial charge in [0, 0.05) is 21.4 Å². The van der Waals surface area contributed by atoms with Crippen LogP contribution in [0.25, 0.3) is 32.4 Å². The van der Waals surface area contributed by atoms with Gasteiger partial charge in [0.15, 0.2) is 5.69 Å². The topological polar surface area (TPSA) is 110 Å². The lowest BCUT2D eigenvalue weighted by molar-refractivity contribution is -0.121. The number of nitrogens with zero attached hydrogens (tertiary/aromatic N) is 3. The summed E-state index contributed by atoms with van der Waals surface area (Å²) >= 11 is 2.99. The van der Waals surface area contributed by atoms with Crippen LogP contribution in [0.5, 0.6) is 0 Å². The molecule has 0 aliphatic heterocycles. The number of hydrazine groups is 1. The maximum Gasteiger partial charge on any atom is 0.292 e. The van der Waals surface area contributed by atoms with Crippen molar-refractivity contribution < 1.29 is 14.1 Å². The second-order valence-electron chi connectivity index (χ2n) is 7.93. The zero-order valence-electron chi connectivity index (χ0n) is 19.4. The molecule has 0 atom stereocenters. The Labute approximate surface area is 215 Å². The van der Waals surface area contributed by atoms with E-state index in [2.05, 4.69) is 26.0 Å². The van der Waals surface area contributed by atoms with Crippen LogP contribution in [0.3, 0.4) is 0 Å². The summed E-state index contributed by atoms with van der Waals surface area (Å²) in [5.74, 6) is -0.523. The van der Waals surface area contributed by atoms with Crippen LogP contribution >= 0.6 is 22.7 Å². The first kappa shape index (κ1) is 23.6. The van der Waals surface area contributed by atoms with E-state index in [1.165, 1.54) is 22.7 Å². The van der Waals surface area contributed by atoms with Gasteiger partial charge in [-0.3, -0.25) is 20.4 Å². The number of hydrogen-bond acceptors (Lipinski definition) is 8. The third kappa shape index (κ3) is 4.95. The van der Waals surface area contributed by atoms with Crippen molar-refractivity contribution in [3.63, 3.8) is 0 Å². The molecule has 36 heavy (non-hydrogen) atoms. The molecular weight excluding hydrogens is 494 g/mol. The minimum atomic E-state index is -0.593. The predicted molar refractivity (Wildman–Crippen MR) is 139 cm³/mol. The van der Waals surface area contributed by atoms with Gasteiger partial charge in [-0.25, -0.2) is 9.97 Å². The Morgan fingerprint density at radius 2 is 1.56 bits per heavy atom. The highest BCUT2D eigenvalue weighted by Crippen LogP contribution is 2.32. The number of carbonyl (C=O) groups is 2. The minimum absolute atomic E-state index is 0.0344. The molecule has 0 fully saturated rings. The number of amides is 2. The van der Waals surface area contributed by atoms with E-state index in [4.69, 9.17) is 4.52 Å². The molecule has 0 spiro atoms. The molecule has 0 saturated heterocycles. The molecule has 8 nitrogen and oxygen atoms in total. The standard InChI is InChI=1S/C26H21N5O3S2/c1-15-22(20-14-35-25(28-20)17-9-5-3-6-10-17)23(31-34-15)24(33)30-29-21(32)13-19-16(2)36-26(27-19)18-11-7-4-8-12-18/h3-12,14H,13H2,1-2H3,(H,29,32)(H,30,33). The third-order valence-corrected chi connectivity index (χ3v) is 7.37. The number of nitrogens with one attached hydrogen (secondary N) is 2. The van der Waals surface area contributed by atoms with Crippen molar-refractivity contribution in [2.75, 3.05) is 0 Å². The van der Waals surface area contributed by atoms with Gasteiger partial charge in [-0.05, 0) is 13.8 Å². The van der Waals surface area contributed by atoms with E-state index in [1.54, 1.807) is 6.92 Å². The van der Waals surface area contributed by atoms with E-state index in [0.717, 1.165) is 26.0 Å². The zero-order valence-corrected chi connectivity index (χ0v) is 21.1. The number of benzene rings is 2. The fourth-order valence-corrected chi connectivity index (χ4v) is 5.36. The van der Waals surface area contributed by atoms with Gasteiger partial charge in [0.2, 0.25) is 5.91 Å². The Balaban J connectivity index is 1.26. The second kappa shape index (κ2) is 10.2. The van der Waals surface area contributed by atoms with Crippen LogP contribution in [0, 0.1) is 13.8 Å². The second-order valence-corrected chi connectivity index (χ2v) is 9.99. The fourth-order valence-electron chi connectivity index (χ4n) is 3.61. The lowest BCUT2D eigenvalue weighted by Crippen LogP contribution is -2.42. The molecule has 0 radical (unpaired) electrons. The monoisotopic (exact) mass is 515 g/mol. The summed E-state index contributed by atoms with van der Waals surface area (Å²) in [7, 11) is 0. The molecule has 3 aromatic heterocycles. The first-order valence-corrected chi connectivity index (χ1v) is 12.8. The summed E-state index contributed by atoms with van der Waals surface area (Å²) in [5, 5.41) is 7.42. The number of carbonyl (C=O) groups excluding carboxylic acids is 2. The Bertz CT molecular complexity index is 1520. The van der Waals surface area contributed by atoms with Gasteiger partial charge in [-0.15, -0.1) is 22.7 Å². The fraction of sp³-hybridized carbons (Fsp3) is 0.115. The van der Waals surface area contributed by atoms with Gasteiger partial charge < -0.3 is 4.52 Å². The minimum Gasteiger partial charge on any atom is -0.360 e. The Morgan fingerprint density at radius 1 is 0.889 bits per heavy atom. The van der Waals surface area contributed by atoms with Crippen LogP contribution in [-0.2, 0) is 11.2 Å². The van der Waals surface area contributed by atoms with Crippen molar-refractivity contribution in [2.45, 2.75) is 20.3 Å². The molecular formula is C26H21N5O3S2. The van der Waals surface area contributed by atoms with Crippen molar-refractivity contribution in [1.82, 2.24) is 26.0 Å². The summed E-state index contributed by atoms with van der Waals surface area (Å²) < 4.78 is 5.28. The van der Waals surface area contributed by atoms with E-state index < -0.39 is 11.8 Å². The molecule has 10 heteroatoms. The normalized spacial score (nSPS) is 10.8. The highest BCUT2D eigenvalue weighted by molar-refractivity contribution is 7.15. The summed E-state index contributed by atoms with van der Waals surface area (Å²) in [6.45, 7) is 3.64. The highest BCUT2D eigenvalue weighted by Gasteiger charge is 2.24. The lowest BCUT2D eigenvalue weighted by Gasteiger charge is -2.06. The van der Waals surface area contributed by atoms with Gasteiger partial charge >= 0.3 is 0 Å². The van der Waals surface area contributed by atoms with Crippen molar-refractivity contribution in [3.05, 3.63) is 88.1 Å². The van der Waals surface area contributed by atoms with Gasteiger partial charge in [-0.2, -0.15) is 0 Å². The molecule has 180 valence electrons. The van der Waals surface area contributed by atoms with Crippen molar-refractivity contribution in [1.29, 1.82) is 0 Å². The first-order valence-electron chi connectivity index (χ1n) is 11.1. The van der Waals surface area contributed by atoms with E-state index in [1.807, 2.05) is 73.0 Å². The first-order chi connectivity index (χ1) is 17.5. The number of hydrogen-bond donors (Lipinski definition) is 2. The van der Waals surface area contributed by atoms with Gasteiger partial charge in [0.25, 0.3) is 5.91 Å².